The van der Waals surface area contributed by atoms with Crippen molar-refractivity contribution in [2.24, 2.45) is 0 Å². The van der Waals surface area contributed by atoms with E-state index in [1.807, 2.05) is 0 Å². The lowest BCUT2D eigenvalue weighted by Crippen LogP contribution is -1.80. The van der Waals surface area contributed by atoms with Gasteiger partial charge in [-0.15, -0.1) is 0 Å². The molecule has 0 bridgehead atoms. The van der Waals surface area contributed by atoms with Crippen LogP contribution in [-0.2, 0) is 0 Å². The molecule has 13 heavy (non-hydrogen) atoms. The maximum absolute atomic E-state index is 2.26. The molecule has 2 aliphatic carbocycles. The molecular weight excluding hydrogens is 156 g/mol. The Labute approximate surface area is 79.7 Å². The van der Waals surface area contributed by atoms with Crippen LogP contribution in [0.2, 0.25) is 0 Å². The van der Waals surface area contributed by atoms with Crippen LogP contribution in [0, 0.1) is 0 Å². The molecule has 66 valence electrons. The Bertz CT molecular complexity index is 346. The fourth-order valence-corrected chi connectivity index (χ4v) is 1.69. The van der Waals surface area contributed by atoms with Crippen molar-refractivity contribution in [1.82, 2.24) is 0 Å². The molecule has 0 heterocycles. The lowest BCUT2D eigenvalue weighted by molar-refractivity contribution is 1.10. The Kier molecular flexibility index (Phi) is 2.31. The minimum Gasteiger partial charge on any atom is -0.0804 e. The molecule has 0 aromatic rings. The molecule has 0 radical (unpaired) electrons. The zero-order valence-corrected chi connectivity index (χ0v) is 7.96. The number of rotatable bonds is 2. The largest absolute Gasteiger partial charge is 0.0804 e. The van der Waals surface area contributed by atoms with Gasteiger partial charge in [0, 0.05) is 0 Å². The predicted molar refractivity (Wildman–Crippen MR) is 57.4 cm³/mol. The van der Waals surface area contributed by atoms with E-state index in [1.54, 1.807) is 0 Å². The highest BCUT2D eigenvalue weighted by Crippen LogP contribution is 2.24. The number of hydrogen-bond acceptors (Lipinski definition) is 0. The number of allylic oxidation sites excluding steroid dienone is 10. The van der Waals surface area contributed by atoms with Gasteiger partial charge in [0.05, 0.1) is 0 Å². The Balaban J connectivity index is 2.01. The fourth-order valence-electron chi connectivity index (χ4n) is 1.69. The summed E-state index contributed by atoms with van der Waals surface area (Å²) in [6.07, 6.45) is 17.6. The molecule has 0 unspecified atom stereocenters. The number of hydrogen-bond donors (Lipinski definition) is 0. The molecule has 0 aliphatic heterocycles. The van der Waals surface area contributed by atoms with Gasteiger partial charge < -0.3 is 0 Å². The van der Waals surface area contributed by atoms with Crippen molar-refractivity contribution < 1.29 is 0 Å². The third-order valence-corrected chi connectivity index (χ3v) is 2.45. The van der Waals surface area contributed by atoms with Crippen molar-refractivity contribution in [1.29, 1.82) is 0 Å². The molecule has 0 heteroatoms. The predicted octanol–water partition coefficient (Wildman–Crippen LogP) is 3.71. The van der Waals surface area contributed by atoms with Gasteiger partial charge in [0.2, 0.25) is 0 Å². The standard InChI is InChI=1S/C13H14/c1-2-11-7-8-13(9-11)10-12-5-3-4-6-12/h2-5,7-9H,6,10H2,1H3/b11-2+. The van der Waals surface area contributed by atoms with Crippen molar-refractivity contribution in [2.75, 3.05) is 0 Å². The molecular formula is C13H14. The van der Waals surface area contributed by atoms with Gasteiger partial charge in [-0.3, -0.25) is 0 Å². The summed E-state index contributed by atoms with van der Waals surface area (Å²) in [6.45, 7) is 2.08. The minimum absolute atomic E-state index is 1.11. The highest BCUT2D eigenvalue weighted by Gasteiger charge is 2.05. The van der Waals surface area contributed by atoms with Crippen LogP contribution in [0.1, 0.15) is 19.8 Å². The van der Waals surface area contributed by atoms with E-state index >= 15 is 0 Å². The van der Waals surface area contributed by atoms with Crippen LogP contribution in [0.25, 0.3) is 0 Å². The van der Waals surface area contributed by atoms with Crippen LogP contribution in [0.5, 0.6) is 0 Å². The summed E-state index contributed by atoms with van der Waals surface area (Å²) >= 11 is 0. The molecule has 0 fully saturated rings. The van der Waals surface area contributed by atoms with Gasteiger partial charge in [0.15, 0.2) is 0 Å². The summed E-state index contributed by atoms with van der Waals surface area (Å²) < 4.78 is 0. The van der Waals surface area contributed by atoms with Crippen LogP contribution in [0.4, 0.5) is 0 Å². The van der Waals surface area contributed by atoms with Crippen molar-refractivity contribution in [3.8, 4) is 0 Å². The van der Waals surface area contributed by atoms with E-state index < -0.39 is 0 Å². The van der Waals surface area contributed by atoms with Crippen LogP contribution >= 0.6 is 0 Å². The van der Waals surface area contributed by atoms with E-state index in [2.05, 4.69) is 49.5 Å². The van der Waals surface area contributed by atoms with Gasteiger partial charge in [-0.05, 0) is 30.9 Å². The quantitative estimate of drug-likeness (QED) is 0.592. The maximum atomic E-state index is 2.26. The minimum atomic E-state index is 1.11. The molecule has 0 spiro atoms. The van der Waals surface area contributed by atoms with Crippen molar-refractivity contribution in [3.63, 3.8) is 0 Å². The first-order chi connectivity index (χ1) is 6.38. The first-order valence-electron chi connectivity index (χ1n) is 4.78. The molecule has 0 N–H and O–H groups in total. The normalized spacial score (nSPS) is 22.7. The third kappa shape index (κ3) is 1.89. The molecule has 0 amide bonds. The van der Waals surface area contributed by atoms with E-state index in [4.69, 9.17) is 0 Å². The first kappa shape index (κ1) is 8.31. The first-order valence-corrected chi connectivity index (χ1v) is 4.78. The molecule has 0 aromatic carbocycles. The molecule has 0 nitrogen and oxygen atoms in total. The Morgan fingerprint density at radius 3 is 2.92 bits per heavy atom. The zero-order chi connectivity index (χ0) is 9.10. The summed E-state index contributed by atoms with van der Waals surface area (Å²) in [7, 11) is 0. The summed E-state index contributed by atoms with van der Waals surface area (Å²) in [5.41, 5.74) is 4.29. The lowest BCUT2D eigenvalue weighted by Gasteiger charge is -1.99. The van der Waals surface area contributed by atoms with Crippen LogP contribution in [-0.4, -0.2) is 0 Å². The summed E-state index contributed by atoms with van der Waals surface area (Å²) in [5.74, 6) is 0. The topological polar surface area (TPSA) is 0 Å². The van der Waals surface area contributed by atoms with Crippen LogP contribution < -0.4 is 0 Å². The van der Waals surface area contributed by atoms with E-state index in [0.717, 1.165) is 12.8 Å². The zero-order valence-electron chi connectivity index (χ0n) is 7.96. The van der Waals surface area contributed by atoms with Crippen molar-refractivity contribution in [3.05, 3.63) is 59.3 Å². The third-order valence-electron chi connectivity index (χ3n) is 2.45. The van der Waals surface area contributed by atoms with E-state index in [0.29, 0.717) is 0 Å². The van der Waals surface area contributed by atoms with E-state index in [1.165, 1.54) is 16.7 Å². The van der Waals surface area contributed by atoms with Gasteiger partial charge in [0.25, 0.3) is 0 Å². The smallest absolute Gasteiger partial charge is 0.00607 e. The molecule has 0 saturated heterocycles. The molecule has 0 saturated carbocycles. The average molecular weight is 170 g/mol. The highest BCUT2D eigenvalue weighted by molar-refractivity contribution is 5.47. The van der Waals surface area contributed by atoms with Gasteiger partial charge in [-0.1, -0.05) is 48.1 Å². The summed E-state index contributed by atoms with van der Waals surface area (Å²) in [5, 5.41) is 0. The lowest BCUT2D eigenvalue weighted by atomic mass is 10.1. The summed E-state index contributed by atoms with van der Waals surface area (Å²) in [4.78, 5) is 0. The average Bonchev–Trinajstić information content (AvgIpc) is 2.76. The van der Waals surface area contributed by atoms with Crippen molar-refractivity contribution in [2.45, 2.75) is 19.8 Å². The second kappa shape index (κ2) is 3.61. The Morgan fingerprint density at radius 1 is 1.38 bits per heavy atom. The van der Waals surface area contributed by atoms with E-state index in [-0.39, 0.29) is 0 Å². The summed E-state index contributed by atoms with van der Waals surface area (Å²) in [6, 6.07) is 0. The van der Waals surface area contributed by atoms with Gasteiger partial charge in [-0.25, -0.2) is 0 Å². The monoisotopic (exact) mass is 170 g/mol. The SMILES string of the molecule is C/C=C1\C=CC(CC2=CC=CC2)=C1. The Hall–Kier alpha value is -1.30. The molecule has 2 rings (SSSR count). The maximum Gasteiger partial charge on any atom is -0.00607 e. The molecule has 0 atom stereocenters. The second-order valence-electron chi connectivity index (χ2n) is 3.48. The van der Waals surface area contributed by atoms with Gasteiger partial charge in [-0.2, -0.15) is 0 Å². The Morgan fingerprint density at radius 2 is 2.31 bits per heavy atom. The molecule has 0 aromatic heterocycles. The van der Waals surface area contributed by atoms with Crippen LogP contribution in [0.15, 0.2) is 59.3 Å². The van der Waals surface area contributed by atoms with Crippen LogP contribution in [0.3, 0.4) is 0 Å². The van der Waals surface area contributed by atoms with Gasteiger partial charge >= 0.3 is 0 Å². The van der Waals surface area contributed by atoms with Gasteiger partial charge in [0.1, 0.15) is 0 Å². The van der Waals surface area contributed by atoms with Crippen molar-refractivity contribution >= 4 is 0 Å². The molecule has 2 aliphatic rings. The van der Waals surface area contributed by atoms with E-state index in [9.17, 15) is 0 Å². The highest BCUT2D eigenvalue weighted by atomic mass is 14.1. The second-order valence-corrected chi connectivity index (χ2v) is 3.48. The fraction of sp³-hybridized carbons (Fsp3) is 0.231.